The summed E-state index contributed by atoms with van der Waals surface area (Å²) in [6.07, 6.45) is 4.49. The first-order chi connectivity index (χ1) is 11.9. The third-order valence-corrected chi connectivity index (χ3v) is 4.99. The minimum absolute atomic E-state index is 0.0891. The van der Waals surface area contributed by atoms with Crippen molar-refractivity contribution in [3.63, 3.8) is 0 Å². The van der Waals surface area contributed by atoms with Crippen molar-refractivity contribution in [2.45, 2.75) is 40.1 Å². The Bertz CT molecular complexity index is 771. The second kappa shape index (κ2) is 8.76. The van der Waals surface area contributed by atoms with E-state index in [2.05, 4.69) is 18.4 Å². The highest BCUT2D eigenvalue weighted by Crippen LogP contribution is 2.34. The largest absolute Gasteiger partial charge is 0.456 e. The number of hydrogen-bond acceptors (Lipinski definition) is 3. The first-order valence-corrected chi connectivity index (χ1v) is 9.05. The summed E-state index contributed by atoms with van der Waals surface area (Å²) in [7, 11) is 1.97. The van der Waals surface area contributed by atoms with Gasteiger partial charge in [0.2, 0.25) is 5.91 Å². The lowest BCUT2D eigenvalue weighted by Crippen LogP contribution is -2.27. The average molecular weight is 363 g/mol. The molecule has 4 nitrogen and oxygen atoms in total. The van der Waals surface area contributed by atoms with E-state index in [4.69, 9.17) is 4.74 Å². The summed E-state index contributed by atoms with van der Waals surface area (Å²) >= 11 is 1.66. The zero-order valence-corrected chi connectivity index (χ0v) is 15.8. The summed E-state index contributed by atoms with van der Waals surface area (Å²) in [6.45, 7) is 5.76. The lowest BCUT2D eigenvalue weighted by Gasteiger charge is -2.12. The molecular weight excluding hydrogens is 339 g/mol. The van der Waals surface area contributed by atoms with Gasteiger partial charge >= 0.3 is 0 Å². The van der Waals surface area contributed by atoms with Crippen molar-refractivity contribution in [1.82, 2.24) is 5.32 Å². The number of nitrogens with one attached hydrogen (secondary N) is 1. The second-order valence-corrected chi connectivity index (χ2v) is 6.82. The van der Waals surface area contributed by atoms with E-state index in [9.17, 15) is 9.18 Å². The van der Waals surface area contributed by atoms with E-state index in [-0.39, 0.29) is 5.91 Å². The molecule has 0 aliphatic heterocycles. The fourth-order valence-corrected chi connectivity index (χ4v) is 3.47. The Balaban J connectivity index is 2.44. The number of benzene rings is 1. The Morgan fingerprint density at radius 3 is 2.84 bits per heavy atom. The molecule has 1 heterocycles. The highest BCUT2D eigenvalue weighted by molar-refractivity contribution is 7.14. The van der Waals surface area contributed by atoms with E-state index < -0.39 is 6.36 Å². The van der Waals surface area contributed by atoms with Gasteiger partial charge in [-0.1, -0.05) is 30.4 Å². The van der Waals surface area contributed by atoms with E-state index in [1.807, 2.05) is 23.7 Å². The number of aryl methyl sites for hydroxylation is 2. The SMILES string of the molecule is CC=CC(F)Oc1ccc(CNC(C)=O)cc1-c1sc(CC)c[n+]1C. The van der Waals surface area contributed by atoms with E-state index in [1.54, 1.807) is 30.4 Å². The van der Waals surface area contributed by atoms with Gasteiger partial charge in [-0.2, -0.15) is 8.96 Å². The normalized spacial score (nSPS) is 12.4. The summed E-state index contributed by atoms with van der Waals surface area (Å²) in [6, 6.07) is 5.54. The quantitative estimate of drug-likeness (QED) is 0.602. The number of carbonyl (C=O) groups is 1. The maximum absolute atomic E-state index is 13.9. The molecule has 0 spiro atoms. The molecule has 0 aliphatic rings. The van der Waals surface area contributed by atoms with E-state index in [0.717, 1.165) is 22.6 Å². The molecule has 1 aromatic carbocycles. The number of aromatic nitrogens is 1. The van der Waals surface area contributed by atoms with Crippen LogP contribution in [0, 0.1) is 0 Å². The molecule has 1 unspecified atom stereocenters. The fourth-order valence-electron chi connectivity index (χ4n) is 2.40. The van der Waals surface area contributed by atoms with Crippen molar-refractivity contribution in [2.75, 3.05) is 0 Å². The molecule has 0 radical (unpaired) electrons. The van der Waals surface area contributed by atoms with Gasteiger partial charge in [-0.3, -0.25) is 4.79 Å². The zero-order valence-electron chi connectivity index (χ0n) is 15.0. The Hall–Kier alpha value is -2.21. The van der Waals surface area contributed by atoms with Crippen LogP contribution in [0.2, 0.25) is 0 Å². The van der Waals surface area contributed by atoms with Gasteiger partial charge in [0.25, 0.3) is 11.4 Å². The molecule has 1 atom stereocenters. The summed E-state index contributed by atoms with van der Waals surface area (Å²) in [5, 5.41) is 3.77. The number of hydrogen-bond donors (Lipinski definition) is 1. The van der Waals surface area contributed by atoms with Crippen LogP contribution in [-0.2, 0) is 24.8 Å². The predicted octanol–water partition coefficient (Wildman–Crippen LogP) is 3.69. The van der Waals surface area contributed by atoms with Crippen LogP contribution < -0.4 is 14.6 Å². The van der Waals surface area contributed by atoms with Crippen LogP contribution in [0.3, 0.4) is 0 Å². The number of allylic oxidation sites excluding steroid dienone is 1. The number of nitrogens with zero attached hydrogens (tertiary/aromatic N) is 1. The molecule has 0 saturated heterocycles. The standard InChI is InChI=1S/C19H23FN2O2S/c1-5-7-18(20)24-17-9-8-14(11-21-13(3)23)10-16(17)19-22(4)12-15(6-2)25-19/h5,7-10,12,18H,6,11H2,1-4H3/p+1. The predicted molar refractivity (Wildman–Crippen MR) is 98.2 cm³/mol. The van der Waals surface area contributed by atoms with Gasteiger partial charge in [-0.15, -0.1) is 0 Å². The van der Waals surface area contributed by atoms with Crippen LogP contribution in [0.5, 0.6) is 5.75 Å². The highest BCUT2D eigenvalue weighted by atomic mass is 32.1. The van der Waals surface area contributed by atoms with Crippen LogP contribution in [-0.4, -0.2) is 12.3 Å². The number of halogens is 1. The third-order valence-electron chi connectivity index (χ3n) is 3.63. The van der Waals surface area contributed by atoms with Gasteiger partial charge in [0.05, 0.1) is 10.4 Å². The zero-order chi connectivity index (χ0) is 18.4. The summed E-state index contributed by atoms with van der Waals surface area (Å²) < 4.78 is 21.4. The highest BCUT2D eigenvalue weighted by Gasteiger charge is 2.21. The number of rotatable bonds is 7. The summed E-state index contributed by atoms with van der Waals surface area (Å²) in [4.78, 5) is 12.4. The minimum Gasteiger partial charge on any atom is -0.456 e. The molecule has 2 aromatic rings. The van der Waals surface area contributed by atoms with Crippen LogP contribution in [0.4, 0.5) is 4.39 Å². The number of ether oxygens (including phenoxy) is 1. The van der Waals surface area contributed by atoms with Gasteiger partial charge in [-0.25, -0.2) is 0 Å². The van der Waals surface area contributed by atoms with Crippen LogP contribution >= 0.6 is 11.3 Å². The summed E-state index contributed by atoms with van der Waals surface area (Å²) in [5.74, 6) is 0.394. The molecule has 134 valence electrons. The minimum atomic E-state index is -1.50. The molecule has 1 amide bonds. The molecular formula is C19H24FN2O2S+. The lowest BCUT2D eigenvalue weighted by atomic mass is 10.1. The van der Waals surface area contributed by atoms with Gasteiger partial charge in [-0.05, 0) is 37.1 Å². The molecule has 0 aliphatic carbocycles. The molecule has 1 N–H and O–H groups in total. The average Bonchev–Trinajstić information content (AvgIpc) is 2.95. The Morgan fingerprint density at radius 2 is 2.24 bits per heavy atom. The number of alkyl halides is 1. The number of thiazole rings is 1. The van der Waals surface area contributed by atoms with Gasteiger partial charge in [0, 0.05) is 13.5 Å². The third kappa shape index (κ3) is 5.13. The van der Waals surface area contributed by atoms with Gasteiger partial charge in [0.15, 0.2) is 6.20 Å². The fraction of sp³-hybridized carbons (Fsp3) is 0.368. The Morgan fingerprint density at radius 1 is 1.48 bits per heavy atom. The van der Waals surface area contributed by atoms with Crippen LogP contribution in [0.15, 0.2) is 36.5 Å². The van der Waals surface area contributed by atoms with Crippen molar-refractivity contribution in [2.24, 2.45) is 7.05 Å². The Labute approximate surface area is 152 Å². The summed E-state index contributed by atoms with van der Waals surface area (Å²) in [5.41, 5.74) is 1.76. The Kier molecular flexibility index (Phi) is 6.70. The second-order valence-electron chi connectivity index (χ2n) is 5.70. The van der Waals surface area contributed by atoms with Crippen molar-refractivity contribution >= 4 is 17.2 Å². The monoisotopic (exact) mass is 363 g/mol. The van der Waals surface area contributed by atoms with E-state index >= 15 is 0 Å². The van der Waals surface area contributed by atoms with Crippen molar-refractivity contribution < 1.29 is 18.5 Å². The van der Waals surface area contributed by atoms with Crippen molar-refractivity contribution in [3.05, 3.63) is 47.0 Å². The number of amides is 1. The van der Waals surface area contributed by atoms with Gasteiger partial charge < -0.3 is 10.1 Å². The van der Waals surface area contributed by atoms with E-state index in [0.29, 0.717) is 12.3 Å². The first kappa shape index (κ1) is 19.1. The molecule has 6 heteroatoms. The van der Waals surface area contributed by atoms with E-state index in [1.165, 1.54) is 17.9 Å². The molecule has 0 fully saturated rings. The van der Waals surface area contributed by atoms with Crippen LogP contribution in [0.1, 0.15) is 31.2 Å². The molecule has 2 rings (SSSR count). The number of carbonyl (C=O) groups excluding carboxylic acids is 1. The van der Waals surface area contributed by atoms with Crippen LogP contribution in [0.25, 0.3) is 10.6 Å². The molecule has 0 bridgehead atoms. The van der Waals surface area contributed by atoms with Crippen molar-refractivity contribution in [3.8, 4) is 16.3 Å². The topological polar surface area (TPSA) is 42.2 Å². The lowest BCUT2D eigenvalue weighted by molar-refractivity contribution is -0.656. The molecule has 0 saturated carbocycles. The van der Waals surface area contributed by atoms with Crippen molar-refractivity contribution in [1.29, 1.82) is 0 Å². The molecule has 1 aromatic heterocycles. The smallest absolute Gasteiger partial charge is 0.272 e. The molecule has 25 heavy (non-hydrogen) atoms. The maximum Gasteiger partial charge on any atom is 0.272 e. The maximum atomic E-state index is 13.9. The first-order valence-electron chi connectivity index (χ1n) is 8.24. The van der Waals surface area contributed by atoms with Gasteiger partial charge in [0.1, 0.15) is 12.8 Å².